The van der Waals surface area contributed by atoms with Gasteiger partial charge in [-0.05, 0) is 33.3 Å². The first-order valence-electron chi connectivity index (χ1n) is 10.2. The van der Waals surface area contributed by atoms with Crippen LogP contribution >= 0.6 is 0 Å². The van der Waals surface area contributed by atoms with Gasteiger partial charge in [-0.15, -0.1) is 0 Å². The second-order valence-electron chi connectivity index (χ2n) is 8.64. The maximum Gasteiger partial charge on any atom is 0.411 e. The molecule has 1 aromatic rings. The number of carbonyl (C=O) groups excluding carboxylic acids is 3. The molecule has 3 heterocycles. The van der Waals surface area contributed by atoms with Crippen molar-refractivity contribution in [3.63, 3.8) is 0 Å². The van der Waals surface area contributed by atoms with E-state index in [2.05, 4.69) is 15.3 Å². The predicted molar refractivity (Wildman–Crippen MR) is 110 cm³/mol. The van der Waals surface area contributed by atoms with E-state index in [0.29, 0.717) is 38.5 Å². The van der Waals surface area contributed by atoms with Crippen LogP contribution in [-0.4, -0.2) is 88.1 Å². The zero-order chi connectivity index (χ0) is 21.9. The highest BCUT2D eigenvalue weighted by Crippen LogP contribution is 2.24. The average molecular weight is 418 g/mol. The molecule has 0 aromatic carbocycles. The summed E-state index contributed by atoms with van der Waals surface area (Å²) in [5.74, 6) is 0.336. The first kappa shape index (κ1) is 21.8. The molecule has 0 spiro atoms. The van der Waals surface area contributed by atoms with Crippen molar-refractivity contribution in [3.05, 3.63) is 18.5 Å². The van der Waals surface area contributed by atoms with Gasteiger partial charge in [0.05, 0.1) is 0 Å². The molecular weight excluding hydrogens is 388 g/mol. The van der Waals surface area contributed by atoms with Crippen LogP contribution in [0.1, 0.15) is 34.1 Å². The Labute approximate surface area is 176 Å². The molecule has 0 saturated carbocycles. The smallest absolute Gasteiger partial charge is 0.411 e. The molecule has 2 aliphatic rings. The molecule has 10 heteroatoms. The van der Waals surface area contributed by atoms with E-state index in [-0.39, 0.29) is 24.4 Å². The van der Waals surface area contributed by atoms with Gasteiger partial charge in [0, 0.05) is 58.1 Å². The van der Waals surface area contributed by atoms with Gasteiger partial charge in [0.15, 0.2) is 0 Å². The lowest BCUT2D eigenvalue weighted by Gasteiger charge is -2.37. The maximum absolute atomic E-state index is 13.3. The van der Waals surface area contributed by atoms with Crippen LogP contribution < -0.4 is 10.2 Å². The van der Waals surface area contributed by atoms with Crippen LogP contribution in [0.2, 0.25) is 0 Å². The van der Waals surface area contributed by atoms with Crippen molar-refractivity contribution in [1.82, 2.24) is 25.1 Å². The summed E-state index contributed by atoms with van der Waals surface area (Å²) >= 11 is 0. The van der Waals surface area contributed by atoms with E-state index in [0.717, 1.165) is 0 Å². The minimum absolute atomic E-state index is 0.123. The predicted octanol–water partition coefficient (Wildman–Crippen LogP) is 0.639. The zero-order valence-corrected chi connectivity index (χ0v) is 18.0. The minimum Gasteiger partial charge on any atom is -0.444 e. The molecule has 1 N–H and O–H groups in total. The second kappa shape index (κ2) is 8.85. The van der Waals surface area contributed by atoms with Crippen molar-refractivity contribution in [1.29, 1.82) is 0 Å². The van der Waals surface area contributed by atoms with Gasteiger partial charge in [-0.3, -0.25) is 14.5 Å². The summed E-state index contributed by atoms with van der Waals surface area (Å²) in [5, 5.41) is 2.82. The van der Waals surface area contributed by atoms with E-state index in [9.17, 15) is 14.4 Å². The lowest BCUT2D eigenvalue weighted by molar-refractivity contribution is -0.136. The summed E-state index contributed by atoms with van der Waals surface area (Å²) in [5.41, 5.74) is -0.669. The highest BCUT2D eigenvalue weighted by Gasteiger charge is 2.43. The van der Waals surface area contributed by atoms with Crippen molar-refractivity contribution in [2.75, 3.05) is 37.6 Å². The molecule has 2 saturated heterocycles. The summed E-state index contributed by atoms with van der Waals surface area (Å²) in [6.45, 7) is 9.30. The molecule has 3 amide bonds. The number of nitrogens with zero attached hydrogens (tertiary/aromatic N) is 5. The van der Waals surface area contributed by atoms with E-state index in [1.807, 2.05) is 4.90 Å². The monoisotopic (exact) mass is 418 g/mol. The SMILES string of the molecule is CC(=O)N[C@H]1C[C@@H](C(=O)N2CCN(c3ncccn3)CC2)N(C(=O)OC(C)(C)C)C1. The molecule has 0 aliphatic carbocycles. The van der Waals surface area contributed by atoms with Gasteiger partial charge in [0.1, 0.15) is 11.6 Å². The number of aromatic nitrogens is 2. The fourth-order valence-electron chi connectivity index (χ4n) is 3.78. The molecule has 0 radical (unpaired) electrons. The summed E-state index contributed by atoms with van der Waals surface area (Å²) in [4.78, 5) is 51.2. The Bertz CT molecular complexity index is 773. The zero-order valence-electron chi connectivity index (χ0n) is 18.0. The number of hydrogen-bond acceptors (Lipinski definition) is 7. The fraction of sp³-hybridized carbons (Fsp3) is 0.650. The number of ether oxygens (including phenoxy) is 1. The molecule has 1 aromatic heterocycles. The van der Waals surface area contributed by atoms with Crippen LogP contribution in [0.15, 0.2) is 18.5 Å². The Hall–Kier alpha value is -2.91. The van der Waals surface area contributed by atoms with Crippen molar-refractivity contribution in [2.45, 2.75) is 51.8 Å². The Morgan fingerprint density at radius 3 is 2.30 bits per heavy atom. The summed E-state index contributed by atoms with van der Waals surface area (Å²) in [7, 11) is 0. The highest BCUT2D eigenvalue weighted by molar-refractivity contribution is 5.87. The van der Waals surface area contributed by atoms with Crippen molar-refractivity contribution < 1.29 is 19.1 Å². The van der Waals surface area contributed by atoms with Gasteiger partial charge in [0.2, 0.25) is 17.8 Å². The largest absolute Gasteiger partial charge is 0.444 e. The third kappa shape index (κ3) is 5.37. The molecule has 0 bridgehead atoms. The molecular formula is C20H30N6O4. The van der Waals surface area contributed by atoms with Crippen LogP contribution in [0.25, 0.3) is 0 Å². The van der Waals surface area contributed by atoms with E-state index in [4.69, 9.17) is 4.74 Å². The number of hydrogen-bond donors (Lipinski definition) is 1. The number of carbonyl (C=O) groups is 3. The number of anilines is 1. The van der Waals surface area contributed by atoms with E-state index >= 15 is 0 Å². The Balaban J connectivity index is 1.67. The van der Waals surface area contributed by atoms with Gasteiger partial charge in [-0.25, -0.2) is 14.8 Å². The van der Waals surface area contributed by atoms with E-state index in [1.165, 1.54) is 11.8 Å². The highest BCUT2D eigenvalue weighted by atomic mass is 16.6. The molecule has 2 aliphatic heterocycles. The molecule has 3 rings (SSSR count). The standard InChI is InChI=1S/C20H30N6O4/c1-14(27)23-15-12-16(26(13-15)19(29)30-20(2,3)4)17(28)24-8-10-25(11-9-24)18-21-6-5-7-22-18/h5-7,15-16H,8-13H2,1-4H3,(H,23,27)/t15-,16-/m0/s1. The lowest BCUT2D eigenvalue weighted by atomic mass is 10.1. The van der Waals surface area contributed by atoms with Gasteiger partial charge < -0.3 is 19.9 Å². The van der Waals surface area contributed by atoms with Crippen molar-refractivity contribution >= 4 is 23.9 Å². The quantitative estimate of drug-likeness (QED) is 0.767. The van der Waals surface area contributed by atoms with Crippen molar-refractivity contribution in [3.8, 4) is 0 Å². The summed E-state index contributed by atoms with van der Waals surface area (Å²) in [6.07, 6.45) is 3.23. The van der Waals surface area contributed by atoms with Crippen molar-refractivity contribution in [2.24, 2.45) is 0 Å². The molecule has 10 nitrogen and oxygen atoms in total. The summed E-state index contributed by atoms with van der Waals surface area (Å²) in [6, 6.07) is 0.833. The van der Waals surface area contributed by atoms with Gasteiger partial charge >= 0.3 is 6.09 Å². The Morgan fingerprint density at radius 2 is 1.73 bits per heavy atom. The number of rotatable bonds is 3. The Morgan fingerprint density at radius 1 is 1.10 bits per heavy atom. The third-order valence-electron chi connectivity index (χ3n) is 5.05. The molecule has 2 fully saturated rings. The Kier molecular flexibility index (Phi) is 6.42. The third-order valence-corrected chi connectivity index (χ3v) is 5.05. The van der Waals surface area contributed by atoms with Crippen LogP contribution in [-0.2, 0) is 14.3 Å². The topological polar surface area (TPSA) is 108 Å². The maximum atomic E-state index is 13.3. The molecule has 30 heavy (non-hydrogen) atoms. The molecule has 164 valence electrons. The fourth-order valence-corrected chi connectivity index (χ4v) is 3.78. The van der Waals surface area contributed by atoms with Gasteiger partial charge in [-0.1, -0.05) is 0 Å². The minimum atomic E-state index is -0.669. The number of nitrogens with one attached hydrogen (secondary N) is 1. The first-order valence-corrected chi connectivity index (χ1v) is 10.2. The first-order chi connectivity index (χ1) is 14.1. The average Bonchev–Trinajstić information content (AvgIpc) is 3.10. The van der Waals surface area contributed by atoms with Gasteiger partial charge in [-0.2, -0.15) is 0 Å². The molecule has 0 unspecified atom stereocenters. The van der Waals surface area contributed by atoms with Crippen LogP contribution in [0.3, 0.4) is 0 Å². The van der Waals surface area contributed by atoms with Crippen LogP contribution in [0.4, 0.5) is 10.7 Å². The normalized spacial score (nSPS) is 22.1. The molecule has 2 atom stereocenters. The number of likely N-dealkylation sites (tertiary alicyclic amines) is 1. The van der Waals surface area contributed by atoms with Gasteiger partial charge in [0.25, 0.3) is 0 Å². The second-order valence-corrected chi connectivity index (χ2v) is 8.64. The number of amides is 3. The lowest BCUT2D eigenvalue weighted by Crippen LogP contribution is -2.55. The van der Waals surface area contributed by atoms with E-state index in [1.54, 1.807) is 44.1 Å². The van der Waals surface area contributed by atoms with Crippen LogP contribution in [0.5, 0.6) is 0 Å². The summed E-state index contributed by atoms with van der Waals surface area (Å²) < 4.78 is 5.50. The van der Waals surface area contributed by atoms with E-state index < -0.39 is 17.7 Å². The van der Waals surface area contributed by atoms with Crippen LogP contribution in [0, 0.1) is 0 Å². The number of piperazine rings is 1.